The van der Waals surface area contributed by atoms with Gasteiger partial charge < -0.3 is 11.1 Å². The summed E-state index contributed by atoms with van der Waals surface area (Å²) in [5, 5.41) is 4.59. The van der Waals surface area contributed by atoms with Gasteiger partial charge in [-0.2, -0.15) is 0 Å². The number of hydrogen-bond donors (Lipinski definition) is 2. The summed E-state index contributed by atoms with van der Waals surface area (Å²) in [7, 11) is 0. The Hall–Kier alpha value is -1.75. The van der Waals surface area contributed by atoms with Gasteiger partial charge >= 0.3 is 0 Å². The Morgan fingerprint density at radius 2 is 1.29 bits per heavy atom. The molecule has 0 spiro atoms. The number of rotatable bonds is 5. The average Bonchev–Trinajstić information content (AvgIpc) is 2.70. The van der Waals surface area contributed by atoms with Crippen LogP contribution in [-0.4, -0.2) is 5.91 Å². The van der Waals surface area contributed by atoms with Crippen LogP contribution in [0.5, 0.6) is 0 Å². The van der Waals surface area contributed by atoms with E-state index in [0.29, 0.717) is 25.7 Å². The Bertz CT molecular complexity index is 995. The van der Waals surface area contributed by atoms with Gasteiger partial charge in [-0.1, -0.05) is 76.7 Å². The van der Waals surface area contributed by atoms with Crippen molar-refractivity contribution < 1.29 is 4.79 Å². The highest BCUT2D eigenvalue weighted by atomic mass is 35.5. The van der Waals surface area contributed by atoms with E-state index in [0.717, 1.165) is 11.1 Å². The molecule has 0 radical (unpaired) electrons. The Labute approximate surface area is 183 Å². The number of benzene rings is 3. The van der Waals surface area contributed by atoms with Gasteiger partial charge in [0.15, 0.2) is 0 Å². The molecule has 28 heavy (non-hydrogen) atoms. The van der Waals surface area contributed by atoms with E-state index in [4.69, 9.17) is 52.1 Å². The molecule has 0 aliphatic carbocycles. The molecule has 0 bridgehead atoms. The van der Waals surface area contributed by atoms with E-state index in [1.807, 2.05) is 6.07 Å². The number of halogens is 4. The van der Waals surface area contributed by atoms with Gasteiger partial charge in [-0.05, 0) is 47.5 Å². The van der Waals surface area contributed by atoms with Gasteiger partial charge in [-0.15, -0.1) is 0 Å². The molecule has 3 N–H and O–H groups in total. The third kappa shape index (κ3) is 4.80. The van der Waals surface area contributed by atoms with Crippen LogP contribution in [0.1, 0.15) is 33.6 Å². The summed E-state index contributed by atoms with van der Waals surface area (Å²) >= 11 is 24.4. The first-order valence-corrected chi connectivity index (χ1v) is 9.89. The molecule has 3 nitrogen and oxygen atoms in total. The fourth-order valence-electron chi connectivity index (χ4n) is 2.81. The third-order valence-corrected chi connectivity index (χ3v) is 5.79. The van der Waals surface area contributed by atoms with Crippen LogP contribution in [0.3, 0.4) is 0 Å². The molecule has 0 saturated heterocycles. The lowest BCUT2D eigenvalue weighted by molar-refractivity contribution is 0.0930. The first kappa shape index (κ1) is 21.0. The molecule has 2 atom stereocenters. The molecule has 0 saturated carbocycles. The van der Waals surface area contributed by atoms with Crippen LogP contribution in [0, 0.1) is 0 Å². The minimum atomic E-state index is -0.598. The third-order valence-electron chi connectivity index (χ3n) is 4.31. The predicted octanol–water partition coefficient (Wildman–Crippen LogP) is 6.47. The number of carbonyl (C=O) groups excluding carboxylic acids is 1. The molecule has 0 aliphatic rings. The molecule has 3 aromatic carbocycles. The van der Waals surface area contributed by atoms with Crippen molar-refractivity contribution in [2.75, 3.05) is 0 Å². The van der Waals surface area contributed by atoms with Crippen molar-refractivity contribution in [1.29, 1.82) is 0 Å². The van der Waals surface area contributed by atoms with Crippen LogP contribution >= 0.6 is 46.4 Å². The zero-order valence-electron chi connectivity index (χ0n) is 14.5. The fourth-order valence-corrected chi connectivity index (χ4v) is 3.43. The Kier molecular flexibility index (Phi) is 6.86. The highest BCUT2D eigenvalue weighted by Gasteiger charge is 2.25. The summed E-state index contributed by atoms with van der Waals surface area (Å²) in [6, 6.07) is 18.0. The number of carbonyl (C=O) groups is 1. The first-order chi connectivity index (χ1) is 13.4. The van der Waals surface area contributed by atoms with Gasteiger partial charge in [0.05, 0.1) is 32.2 Å². The second kappa shape index (κ2) is 9.17. The highest BCUT2D eigenvalue weighted by molar-refractivity contribution is 6.42. The van der Waals surface area contributed by atoms with Crippen LogP contribution in [0.25, 0.3) is 0 Å². The molecule has 3 aromatic rings. The molecular weight excluding hydrogens is 438 g/mol. The maximum Gasteiger partial charge on any atom is 0.251 e. The molecule has 1 amide bonds. The van der Waals surface area contributed by atoms with E-state index in [2.05, 4.69) is 5.32 Å². The van der Waals surface area contributed by atoms with Crippen LogP contribution < -0.4 is 11.1 Å². The maximum atomic E-state index is 12.8. The van der Waals surface area contributed by atoms with Crippen molar-refractivity contribution >= 4 is 52.3 Å². The van der Waals surface area contributed by atoms with Gasteiger partial charge in [0.25, 0.3) is 5.91 Å². The molecule has 0 heterocycles. The molecule has 0 fully saturated rings. The highest BCUT2D eigenvalue weighted by Crippen LogP contribution is 2.34. The van der Waals surface area contributed by atoms with Gasteiger partial charge in [-0.3, -0.25) is 4.79 Å². The summed E-state index contributed by atoms with van der Waals surface area (Å²) in [4.78, 5) is 12.8. The second-order valence-electron chi connectivity index (χ2n) is 6.19. The summed E-state index contributed by atoms with van der Waals surface area (Å²) in [5.41, 5.74) is 8.48. The number of hydrogen-bond acceptors (Lipinski definition) is 2. The lowest BCUT2D eigenvalue weighted by atomic mass is 9.93. The van der Waals surface area contributed by atoms with Crippen molar-refractivity contribution in [3.05, 3.63) is 104 Å². The quantitative estimate of drug-likeness (QED) is 0.464. The molecule has 0 unspecified atom stereocenters. The van der Waals surface area contributed by atoms with E-state index in [9.17, 15) is 4.79 Å². The lowest BCUT2D eigenvalue weighted by Gasteiger charge is -2.26. The van der Waals surface area contributed by atoms with Crippen molar-refractivity contribution in [1.82, 2.24) is 5.32 Å². The summed E-state index contributed by atoms with van der Waals surface area (Å²) < 4.78 is 0. The van der Waals surface area contributed by atoms with Crippen LogP contribution in [-0.2, 0) is 0 Å². The van der Waals surface area contributed by atoms with Crippen molar-refractivity contribution in [2.45, 2.75) is 12.1 Å². The summed E-state index contributed by atoms with van der Waals surface area (Å²) in [6.07, 6.45) is 0. The second-order valence-corrected chi connectivity index (χ2v) is 7.82. The van der Waals surface area contributed by atoms with Crippen molar-refractivity contribution in [2.24, 2.45) is 5.73 Å². The number of nitrogens with one attached hydrogen (secondary N) is 1. The van der Waals surface area contributed by atoms with E-state index in [1.54, 1.807) is 60.7 Å². The standard InChI is InChI=1S/C21H16Cl4N2O/c22-15-8-6-13(10-17(15)24)19(26)20(14-7-9-16(23)18(25)11-14)27-21(28)12-4-2-1-3-5-12/h1-11,19-20H,26H2,(H,27,28)/t19-,20+/m1/s1. The predicted molar refractivity (Wildman–Crippen MR) is 117 cm³/mol. The average molecular weight is 454 g/mol. The molecule has 144 valence electrons. The van der Waals surface area contributed by atoms with Crippen molar-refractivity contribution in [3.8, 4) is 0 Å². The minimum absolute atomic E-state index is 0.257. The Morgan fingerprint density at radius 1 is 0.750 bits per heavy atom. The van der Waals surface area contributed by atoms with E-state index < -0.39 is 12.1 Å². The summed E-state index contributed by atoms with van der Waals surface area (Å²) in [6.45, 7) is 0. The maximum absolute atomic E-state index is 12.8. The van der Waals surface area contributed by atoms with Gasteiger partial charge in [0.1, 0.15) is 0 Å². The molecule has 0 aromatic heterocycles. The topological polar surface area (TPSA) is 55.1 Å². The van der Waals surface area contributed by atoms with Gasteiger partial charge in [0.2, 0.25) is 0 Å². The van der Waals surface area contributed by atoms with Gasteiger partial charge in [-0.25, -0.2) is 0 Å². The summed E-state index contributed by atoms with van der Waals surface area (Å²) in [5.74, 6) is -0.257. The van der Waals surface area contributed by atoms with Crippen molar-refractivity contribution in [3.63, 3.8) is 0 Å². The first-order valence-electron chi connectivity index (χ1n) is 8.38. The SMILES string of the molecule is N[C@H](c1ccc(Cl)c(Cl)c1)[C@@H](NC(=O)c1ccccc1)c1ccc(Cl)c(Cl)c1. The Balaban J connectivity index is 1.98. The lowest BCUT2D eigenvalue weighted by Crippen LogP contribution is -2.36. The monoisotopic (exact) mass is 452 g/mol. The van der Waals surface area contributed by atoms with Crippen LogP contribution in [0.4, 0.5) is 0 Å². The molecular formula is C21H16Cl4N2O. The largest absolute Gasteiger partial charge is 0.343 e. The smallest absolute Gasteiger partial charge is 0.251 e. The molecule has 3 rings (SSSR count). The van der Waals surface area contributed by atoms with Crippen LogP contribution in [0.15, 0.2) is 66.7 Å². The van der Waals surface area contributed by atoms with Crippen LogP contribution in [0.2, 0.25) is 20.1 Å². The van der Waals surface area contributed by atoms with E-state index in [-0.39, 0.29) is 5.91 Å². The fraction of sp³-hybridized carbons (Fsp3) is 0.0952. The van der Waals surface area contributed by atoms with E-state index >= 15 is 0 Å². The zero-order valence-corrected chi connectivity index (χ0v) is 17.5. The van der Waals surface area contributed by atoms with E-state index in [1.165, 1.54) is 0 Å². The zero-order chi connectivity index (χ0) is 20.3. The normalized spacial score (nSPS) is 13.0. The Morgan fingerprint density at radius 3 is 1.86 bits per heavy atom. The molecule has 0 aliphatic heterocycles. The minimum Gasteiger partial charge on any atom is -0.343 e. The molecule has 7 heteroatoms. The number of nitrogens with two attached hydrogens (primary N) is 1. The van der Waals surface area contributed by atoms with Gasteiger partial charge in [0, 0.05) is 5.56 Å². The number of amides is 1.